The molecular weight excluding hydrogens is 140 g/mol. The van der Waals surface area contributed by atoms with E-state index in [9.17, 15) is 0 Å². The molecule has 0 aliphatic carbocycles. The number of halogens is 1. The van der Waals surface area contributed by atoms with Crippen molar-refractivity contribution in [2.75, 3.05) is 0 Å². The number of aliphatic hydroxyl groups excluding tert-OH is 1. The van der Waals surface area contributed by atoms with Gasteiger partial charge in [-0.1, -0.05) is 0 Å². The zero-order chi connectivity index (χ0) is 6.57. The van der Waals surface area contributed by atoms with E-state index in [1.165, 1.54) is 0 Å². The van der Waals surface area contributed by atoms with Crippen LogP contribution < -0.4 is 5.73 Å². The molecule has 0 aliphatic heterocycles. The van der Waals surface area contributed by atoms with Crippen molar-refractivity contribution in [3.8, 4) is 0 Å². The fraction of sp³-hybridized carbons (Fsp3) is 0.800. The summed E-state index contributed by atoms with van der Waals surface area (Å²) in [6, 6.07) is 0. The van der Waals surface area contributed by atoms with Crippen LogP contribution in [0.3, 0.4) is 0 Å². The van der Waals surface area contributed by atoms with E-state index in [1.807, 2.05) is 0 Å². The maximum atomic E-state index is 8.65. The molecule has 0 spiro atoms. The molecule has 0 radical (unpaired) electrons. The maximum Gasteiger partial charge on any atom is 0.0906 e. The van der Waals surface area contributed by atoms with Crippen molar-refractivity contribution >= 4 is 18.2 Å². The zero-order valence-electron chi connectivity index (χ0n) is 5.42. The number of amidine groups is 1. The third-order valence-electron chi connectivity index (χ3n) is 0.831. The van der Waals surface area contributed by atoms with Crippen molar-refractivity contribution in [3.63, 3.8) is 0 Å². The number of nitrogens with one attached hydrogen (secondary N) is 1. The summed E-state index contributed by atoms with van der Waals surface area (Å²) in [5.74, 6) is 0.144. The van der Waals surface area contributed by atoms with Crippen molar-refractivity contribution in [2.45, 2.75) is 25.9 Å². The first kappa shape index (κ1) is 11.5. The second-order valence-electron chi connectivity index (χ2n) is 1.91. The predicted octanol–water partition coefficient (Wildman–Crippen LogP) is 0.505. The third kappa shape index (κ3) is 11.3. The molecule has 9 heavy (non-hydrogen) atoms. The molecule has 0 saturated heterocycles. The molecule has 0 aromatic rings. The van der Waals surface area contributed by atoms with Gasteiger partial charge in [0.25, 0.3) is 0 Å². The molecule has 0 aromatic carbocycles. The highest BCUT2D eigenvalue weighted by Gasteiger charge is 1.94. The number of hydrogen-bond acceptors (Lipinski definition) is 2. The lowest BCUT2D eigenvalue weighted by Crippen LogP contribution is -2.12. The van der Waals surface area contributed by atoms with Crippen molar-refractivity contribution in [3.05, 3.63) is 0 Å². The van der Waals surface area contributed by atoms with Gasteiger partial charge in [-0.05, 0) is 13.3 Å². The van der Waals surface area contributed by atoms with Gasteiger partial charge < -0.3 is 10.8 Å². The topological polar surface area (TPSA) is 70.1 Å². The van der Waals surface area contributed by atoms with Crippen LogP contribution in [-0.4, -0.2) is 17.0 Å². The molecule has 0 aliphatic rings. The predicted molar refractivity (Wildman–Crippen MR) is 40.1 cm³/mol. The molecule has 4 heteroatoms. The van der Waals surface area contributed by atoms with Gasteiger partial charge in [0.05, 0.1) is 11.9 Å². The van der Waals surface area contributed by atoms with Crippen molar-refractivity contribution in [1.29, 1.82) is 5.41 Å². The summed E-state index contributed by atoms with van der Waals surface area (Å²) >= 11 is 0. The molecule has 0 rings (SSSR count). The quantitative estimate of drug-likeness (QED) is 0.407. The normalized spacial score (nSPS) is 11.8. The number of aliphatic hydroxyl groups is 1. The first-order valence-electron chi connectivity index (χ1n) is 2.64. The van der Waals surface area contributed by atoms with E-state index >= 15 is 0 Å². The molecule has 0 bridgehead atoms. The summed E-state index contributed by atoms with van der Waals surface area (Å²) in [5.41, 5.74) is 5.01. The lowest BCUT2D eigenvalue weighted by molar-refractivity contribution is 0.187. The van der Waals surface area contributed by atoms with Gasteiger partial charge in [0.2, 0.25) is 0 Å². The largest absolute Gasteiger partial charge is 0.393 e. The highest BCUT2D eigenvalue weighted by molar-refractivity contribution is 5.85. The molecule has 0 aromatic heterocycles. The van der Waals surface area contributed by atoms with E-state index in [2.05, 4.69) is 0 Å². The van der Waals surface area contributed by atoms with Crippen molar-refractivity contribution < 1.29 is 5.11 Å². The molecular formula is C5H13ClN2O. The minimum Gasteiger partial charge on any atom is -0.393 e. The van der Waals surface area contributed by atoms with Crippen LogP contribution in [-0.2, 0) is 0 Å². The van der Waals surface area contributed by atoms with Gasteiger partial charge in [0.15, 0.2) is 0 Å². The van der Waals surface area contributed by atoms with E-state index in [0.29, 0.717) is 12.8 Å². The second kappa shape index (κ2) is 5.85. The molecule has 56 valence electrons. The number of nitrogens with two attached hydrogens (primary N) is 1. The Kier molecular flexibility index (Phi) is 7.48. The molecule has 0 amide bonds. The van der Waals surface area contributed by atoms with Gasteiger partial charge in [0, 0.05) is 6.42 Å². The lowest BCUT2D eigenvalue weighted by atomic mass is 10.2. The van der Waals surface area contributed by atoms with Gasteiger partial charge in [-0.2, -0.15) is 0 Å². The summed E-state index contributed by atoms with van der Waals surface area (Å²) in [6.45, 7) is 1.68. The maximum absolute atomic E-state index is 8.65. The second-order valence-corrected chi connectivity index (χ2v) is 1.91. The molecule has 4 N–H and O–H groups in total. The average molecular weight is 153 g/mol. The standard InChI is InChI=1S/C5H12N2O.ClH/c1-4(8)2-3-5(6)7;/h4,8H,2-3H2,1H3,(H3,6,7);1H. The molecule has 1 atom stereocenters. The van der Waals surface area contributed by atoms with Gasteiger partial charge in [-0.3, -0.25) is 5.41 Å². The Labute approximate surface area is 61.2 Å². The van der Waals surface area contributed by atoms with Crippen LogP contribution in [0.2, 0.25) is 0 Å². The zero-order valence-corrected chi connectivity index (χ0v) is 6.24. The Morgan fingerprint density at radius 1 is 1.78 bits per heavy atom. The monoisotopic (exact) mass is 152 g/mol. The summed E-state index contributed by atoms with van der Waals surface area (Å²) in [7, 11) is 0. The summed E-state index contributed by atoms with van der Waals surface area (Å²) < 4.78 is 0. The SMILES string of the molecule is CC(O)CCC(=N)N.Cl. The van der Waals surface area contributed by atoms with Crippen LogP contribution in [0, 0.1) is 5.41 Å². The fourth-order valence-corrected chi connectivity index (χ4v) is 0.364. The van der Waals surface area contributed by atoms with E-state index in [1.54, 1.807) is 6.92 Å². The van der Waals surface area contributed by atoms with Crippen LogP contribution in [0.4, 0.5) is 0 Å². The van der Waals surface area contributed by atoms with Crippen molar-refractivity contribution in [2.24, 2.45) is 5.73 Å². The molecule has 1 unspecified atom stereocenters. The Morgan fingerprint density at radius 2 is 2.22 bits per heavy atom. The van der Waals surface area contributed by atoms with Gasteiger partial charge in [-0.15, -0.1) is 12.4 Å². The smallest absolute Gasteiger partial charge is 0.0906 e. The van der Waals surface area contributed by atoms with Gasteiger partial charge in [0.1, 0.15) is 0 Å². The summed E-state index contributed by atoms with van der Waals surface area (Å²) in [5, 5.41) is 15.4. The summed E-state index contributed by atoms with van der Waals surface area (Å²) in [4.78, 5) is 0. The van der Waals surface area contributed by atoms with E-state index < -0.39 is 0 Å². The lowest BCUT2D eigenvalue weighted by Gasteiger charge is -1.99. The van der Waals surface area contributed by atoms with Crippen LogP contribution in [0.15, 0.2) is 0 Å². The van der Waals surface area contributed by atoms with E-state index in [-0.39, 0.29) is 24.3 Å². The number of rotatable bonds is 3. The first-order valence-corrected chi connectivity index (χ1v) is 2.64. The highest BCUT2D eigenvalue weighted by atomic mass is 35.5. The average Bonchev–Trinajstić information content (AvgIpc) is 1.61. The Morgan fingerprint density at radius 3 is 2.33 bits per heavy atom. The molecule has 0 heterocycles. The minimum absolute atomic E-state index is 0. The number of hydrogen-bond donors (Lipinski definition) is 3. The van der Waals surface area contributed by atoms with Gasteiger partial charge >= 0.3 is 0 Å². The van der Waals surface area contributed by atoms with Crippen molar-refractivity contribution in [1.82, 2.24) is 0 Å². The third-order valence-corrected chi connectivity index (χ3v) is 0.831. The first-order chi connectivity index (χ1) is 3.63. The van der Waals surface area contributed by atoms with Crippen LogP contribution in [0.5, 0.6) is 0 Å². The molecule has 0 fully saturated rings. The van der Waals surface area contributed by atoms with Crippen LogP contribution >= 0.6 is 12.4 Å². The molecule has 3 nitrogen and oxygen atoms in total. The Balaban J connectivity index is 0. The van der Waals surface area contributed by atoms with Gasteiger partial charge in [-0.25, -0.2) is 0 Å². The highest BCUT2D eigenvalue weighted by Crippen LogP contribution is 1.92. The Hall–Kier alpha value is -0.280. The summed E-state index contributed by atoms with van der Waals surface area (Å²) in [6.07, 6.45) is 0.756. The molecule has 0 saturated carbocycles. The fourth-order valence-electron chi connectivity index (χ4n) is 0.364. The van der Waals surface area contributed by atoms with Crippen LogP contribution in [0.1, 0.15) is 19.8 Å². The van der Waals surface area contributed by atoms with E-state index in [4.69, 9.17) is 16.2 Å². The Bertz CT molecular complexity index is 85.0. The van der Waals surface area contributed by atoms with Crippen LogP contribution in [0.25, 0.3) is 0 Å². The van der Waals surface area contributed by atoms with E-state index in [0.717, 1.165) is 0 Å². The minimum atomic E-state index is -0.334.